The second-order valence-electron chi connectivity index (χ2n) is 13.6. The molecule has 0 N–H and O–H groups in total. The number of anilines is 2. The van der Waals surface area contributed by atoms with Crippen LogP contribution in [0.1, 0.15) is 50.8 Å². The molecule has 2 atom stereocenters. The Morgan fingerprint density at radius 2 is 1.30 bits per heavy atom. The van der Waals surface area contributed by atoms with E-state index in [2.05, 4.69) is 140 Å². The van der Waals surface area contributed by atoms with E-state index in [4.69, 9.17) is 0 Å². The Hall–Kier alpha value is -4.69. The number of aryl methyl sites for hydroxylation is 1. The largest absolute Gasteiger partial charge is 0.334 e. The molecular weight excluding hydrogens is 532 g/mol. The third-order valence-electron chi connectivity index (χ3n) is 11.3. The summed E-state index contributed by atoms with van der Waals surface area (Å²) in [5, 5.41) is 8.01. The van der Waals surface area contributed by atoms with E-state index < -0.39 is 0 Å². The van der Waals surface area contributed by atoms with Gasteiger partial charge in [0.05, 0.1) is 5.54 Å². The molecule has 0 amide bonds. The Bertz CT molecular complexity index is 2230. The Morgan fingerprint density at radius 1 is 0.636 bits per heavy atom. The second-order valence-corrected chi connectivity index (χ2v) is 13.6. The van der Waals surface area contributed by atoms with Gasteiger partial charge >= 0.3 is 0 Å². The van der Waals surface area contributed by atoms with Crippen LogP contribution in [0.5, 0.6) is 0 Å². The van der Waals surface area contributed by atoms with E-state index in [-0.39, 0.29) is 11.0 Å². The van der Waals surface area contributed by atoms with Crippen molar-refractivity contribution in [2.45, 2.75) is 57.4 Å². The fraction of sp³-hybridized carbons (Fsp3) is 0.214. The number of pyridine rings is 1. The summed E-state index contributed by atoms with van der Waals surface area (Å²) in [7, 11) is 0. The molecule has 1 aromatic heterocycles. The summed E-state index contributed by atoms with van der Waals surface area (Å²) >= 11 is 0. The second kappa shape index (κ2) is 9.16. The van der Waals surface area contributed by atoms with E-state index in [1.165, 1.54) is 97.2 Å². The van der Waals surface area contributed by atoms with Gasteiger partial charge < -0.3 is 4.90 Å². The number of hydrogen-bond donors (Lipinski definition) is 0. The monoisotopic (exact) mass is 568 g/mol. The van der Waals surface area contributed by atoms with E-state index in [0.717, 1.165) is 5.69 Å². The fourth-order valence-electron chi connectivity index (χ4n) is 8.90. The van der Waals surface area contributed by atoms with Gasteiger partial charge in [0, 0.05) is 28.7 Å². The van der Waals surface area contributed by atoms with Gasteiger partial charge in [0.2, 0.25) is 0 Å². The molecule has 0 bridgehead atoms. The number of fused-ring (bicyclic) bond motifs is 3. The Morgan fingerprint density at radius 3 is 2.00 bits per heavy atom. The van der Waals surface area contributed by atoms with Crippen molar-refractivity contribution in [2.24, 2.45) is 0 Å². The molecule has 2 nitrogen and oxygen atoms in total. The molecule has 1 aliphatic carbocycles. The summed E-state index contributed by atoms with van der Waals surface area (Å²) in [6.45, 7) is 7.13. The first-order valence-electron chi connectivity index (χ1n) is 16.1. The van der Waals surface area contributed by atoms with Crippen molar-refractivity contribution < 1.29 is 0 Å². The minimum absolute atomic E-state index is 0.0243. The Kier molecular flexibility index (Phi) is 5.36. The lowest BCUT2D eigenvalue weighted by atomic mass is 9.61. The lowest BCUT2D eigenvalue weighted by Gasteiger charge is -2.50. The number of rotatable bonds is 3. The van der Waals surface area contributed by atoms with Gasteiger partial charge in [0.15, 0.2) is 0 Å². The van der Waals surface area contributed by atoms with Crippen LogP contribution in [0.25, 0.3) is 54.6 Å². The molecule has 2 unspecified atom stereocenters. The maximum absolute atomic E-state index is 4.52. The van der Waals surface area contributed by atoms with Gasteiger partial charge in [-0.05, 0) is 111 Å². The van der Waals surface area contributed by atoms with E-state index in [0.29, 0.717) is 0 Å². The Balaban J connectivity index is 1.27. The van der Waals surface area contributed by atoms with Crippen molar-refractivity contribution >= 4 is 43.7 Å². The molecule has 214 valence electrons. The normalized spacial score (nSPS) is 21.3. The zero-order chi connectivity index (χ0) is 29.6. The molecule has 2 heteroatoms. The average molecular weight is 569 g/mol. The molecule has 2 aliphatic rings. The van der Waals surface area contributed by atoms with E-state index in [1.807, 2.05) is 6.20 Å². The van der Waals surface area contributed by atoms with Crippen molar-refractivity contribution in [1.82, 2.24) is 4.98 Å². The molecule has 0 saturated heterocycles. The summed E-state index contributed by atoms with van der Waals surface area (Å²) in [5.41, 5.74) is 10.5. The van der Waals surface area contributed by atoms with E-state index in [1.54, 1.807) is 0 Å². The van der Waals surface area contributed by atoms with Crippen molar-refractivity contribution in [2.75, 3.05) is 4.90 Å². The number of hydrogen-bond acceptors (Lipinski definition) is 2. The first-order chi connectivity index (χ1) is 21.5. The summed E-state index contributed by atoms with van der Waals surface area (Å²) in [6.07, 6.45) is 6.92. The minimum Gasteiger partial charge on any atom is -0.334 e. The lowest BCUT2D eigenvalue weighted by molar-refractivity contribution is 0.195. The van der Waals surface area contributed by atoms with E-state index in [9.17, 15) is 0 Å². The van der Waals surface area contributed by atoms with Crippen LogP contribution in [0.15, 0.2) is 115 Å². The lowest BCUT2D eigenvalue weighted by Crippen LogP contribution is -2.54. The fourth-order valence-corrected chi connectivity index (χ4v) is 8.90. The molecule has 7 aromatic rings. The number of nitrogens with zero attached hydrogens (tertiary/aromatic N) is 2. The van der Waals surface area contributed by atoms with Crippen LogP contribution in [0.3, 0.4) is 0 Å². The minimum atomic E-state index is 0.0243. The van der Waals surface area contributed by atoms with Crippen molar-refractivity contribution in [1.29, 1.82) is 0 Å². The van der Waals surface area contributed by atoms with Crippen LogP contribution in [-0.4, -0.2) is 10.5 Å². The molecule has 6 aromatic carbocycles. The standard InChI is InChI=1S/C42H36N2/c1-27-25-32(21-24-43-27)44-38-20-15-31(26-37(38)41(2)22-7-8-23-42(41,44)3)34-17-12-30-13-18-35-33(28-9-5-4-6-10-28)16-11-29-14-19-36(34)40(30)39(29)35/h4-6,9-21,24-26H,7-8,22-23H2,1-3H3. The van der Waals surface area contributed by atoms with Gasteiger partial charge in [0.25, 0.3) is 0 Å². The highest BCUT2D eigenvalue weighted by molar-refractivity contribution is 6.27. The molecule has 44 heavy (non-hydrogen) atoms. The van der Waals surface area contributed by atoms with Gasteiger partial charge in [-0.15, -0.1) is 0 Å². The molecule has 0 spiro atoms. The number of benzene rings is 6. The Labute approximate surface area is 259 Å². The van der Waals surface area contributed by atoms with Crippen LogP contribution >= 0.6 is 0 Å². The predicted molar refractivity (Wildman–Crippen MR) is 186 cm³/mol. The van der Waals surface area contributed by atoms with Gasteiger partial charge in [-0.3, -0.25) is 4.98 Å². The van der Waals surface area contributed by atoms with E-state index >= 15 is 0 Å². The summed E-state index contributed by atoms with van der Waals surface area (Å²) in [4.78, 5) is 7.17. The van der Waals surface area contributed by atoms with Crippen LogP contribution in [0.2, 0.25) is 0 Å². The smallest absolute Gasteiger partial charge is 0.0517 e. The van der Waals surface area contributed by atoms with Gasteiger partial charge in [0.1, 0.15) is 0 Å². The molecule has 2 heterocycles. The first-order valence-corrected chi connectivity index (χ1v) is 16.1. The molecule has 1 saturated carbocycles. The van der Waals surface area contributed by atoms with Gasteiger partial charge in [-0.25, -0.2) is 0 Å². The van der Waals surface area contributed by atoms with Crippen molar-refractivity contribution in [3.63, 3.8) is 0 Å². The van der Waals surface area contributed by atoms with Gasteiger partial charge in [-0.2, -0.15) is 0 Å². The average Bonchev–Trinajstić information content (AvgIpc) is 3.26. The molecule has 1 aliphatic heterocycles. The predicted octanol–water partition coefficient (Wildman–Crippen LogP) is 11.4. The highest BCUT2D eigenvalue weighted by Crippen LogP contribution is 2.61. The topological polar surface area (TPSA) is 16.1 Å². The van der Waals surface area contributed by atoms with Gasteiger partial charge in [-0.1, -0.05) is 105 Å². The number of aromatic nitrogens is 1. The maximum atomic E-state index is 4.52. The van der Waals surface area contributed by atoms with Crippen LogP contribution < -0.4 is 4.90 Å². The molecule has 1 fully saturated rings. The third kappa shape index (κ3) is 3.40. The van der Waals surface area contributed by atoms with Crippen molar-refractivity contribution in [3.05, 3.63) is 127 Å². The summed E-state index contributed by atoms with van der Waals surface area (Å²) in [5.74, 6) is 0. The summed E-state index contributed by atoms with van der Waals surface area (Å²) in [6, 6.07) is 41.1. The molecule has 9 rings (SSSR count). The van der Waals surface area contributed by atoms with Crippen LogP contribution in [-0.2, 0) is 5.41 Å². The molecular formula is C42H36N2. The SMILES string of the molecule is Cc1cc(N2c3ccc(-c4ccc5ccc6c(-c7ccccc7)ccc7ccc4c5c76)cc3C3(C)CCCCC23C)ccn1. The van der Waals surface area contributed by atoms with Crippen molar-refractivity contribution in [3.8, 4) is 22.3 Å². The third-order valence-corrected chi connectivity index (χ3v) is 11.3. The summed E-state index contributed by atoms with van der Waals surface area (Å²) < 4.78 is 0. The quantitative estimate of drug-likeness (QED) is 0.197. The van der Waals surface area contributed by atoms with Crippen LogP contribution in [0, 0.1) is 6.92 Å². The first kappa shape index (κ1) is 25.8. The zero-order valence-corrected chi connectivity index (χ0v) is 25.7. The maximum Gasteiger partial charge on any atom is 0.0517 e. The van der Waals surface area contributed by atoms with Crippen LogP contribution in [0.4, 0.5) is 11.4 Å². The highest BCUT2D eigenvalue weighted by Gasteiger charge is 2.57. The zero-order valence-electron chi connectivity index (χ0n) is 25.7. The molecule has 0 radical (unpaired) electrons. The highest BCUT2D eigenvalue weighted by atomic mass is 15.3.